The molecule has 2 rings (SSSR count). The minimum Gasteiger partial charge on any atom is -0.464 e. The van der Waals surface area contributed by atoms with Crippen LogP contribution in [0.2, 0.25) is 0 Å². The van der Waals surface area contributed by atoms with Crippen LogP contribution in [0.3, 0.4) is 0 Å². The van der Waals surface area contributed by atoms with Crippen molar-refractivity contribution in [1.29, 1.82) is 0 Å². The average Bonchev–Trinajstić information content (AvgIpc) is 2.77. The van der Waals surface area contributed by atoms with Crippen molar-refractivity contribution in [2.45, 2.75) is 25.9 Å². The van der Waals surface area contributed by atoms with Crippen molar-refractivity contribution in [3.63, 3.8) is 0 Å². The number of rotatable bonds is 6. The van der Waals surface area contributed by atoms with Crippen molar-refractivity contribution in [2.24, 2.45) is 0 Å². The first-order chi connectivity index (χ1) is 8.66. The first-order valence-corrected chi connectivity index (χ1v) is 6.50. The highest BCUT2D eigenvalue weighted by Crippen LogP contribution is 2.20. The van der Waals surface area contributed by atoms with Gasteiger partial charge in [-0.25, -0.2) is 0 Å². The summed E-state index contributed by atoms with van der Waals surface area (Å²) in [5.74, 6) is 0. The number of furan rings is 1. The molecular weight excluding hydrogens is 224 g/mol. The maximum atomic E-state index is 5.53. The van der Waals surface area contributed by atoms with Gasteiger partial charge in [-0.15, -0.1) is 0 Å². The molecule has 98 valence electrons. The van der Waals surface area contributed by atoms with E-state index in [0.29, 0.717) is 6.04 Å². The van der Waals surface area contributed by atoms with Crippen molar-refractivity contribution in [1.82, 2.24) is 10.2 Å². The fourth-order valence-corrected chi connectivity index (χ4v) is 2.01. The zero-order valence-electron chi connectivity index (χ0n) is 11.4. The fourth-order valence-electron chi connectivity index (χ4n) is 2.01. The van der Waals surface area contributed by atoms with Crippen molar-refractivity contribution >= 4 is 11.0 Å². The van der Waals surface area contributed by atoms with E-state index in [-0.39, 0.29) is 0 Å². The lowest BCUT2D eigenvalue weighted by Gasteiger charge is -2.16. The molecule has 1 N–H and O–H groups in total. The van der Waals surface area contributed by atoms with Crippen molar-refractivity contribution in [3.05, 3.63) is 36.1 Å². The Morgan fingerprint density at radius 1 is 1.28 bits per heavy atom. The van der Waals surface area contributed by atoms with Gasteiger partial charge >= 0.3 is 0 Å². The molecule has 1 unspecified atom stereocenters. The number of nitrogens with one attached hydrogen (secondary N) is 1. The van der Waals surface area contributed by atoms with Gasteiger partial charge in [-0.1, -0.05) is 18.2 Å². The molecular formula is C15H22N2O. The first-order valence-electron chi connectivity index (χ1n) is 6.50. The molecule has 0 fully saturated rings. The Bertz CT molecular complexity index is 490. The first kappa shape index (κ1) is 13.1. The van der Waals surface area contributed by atoms with Crippen LogP contribution in [0, 0.1) is 0 Å². The molecule has 0 aliphatic carbocycles. The van der Waals surface area contributed by atoms with Crippen LogP contribution in [0.15, 0.2) is 34.9 Å². The van der Waals surface area contributed by atoms with Crippen LogP contribution in [-0.2, 0) is 6.54 Å². The van der Waals surface area contributed by atoms with Gasteiger partial charge in [-0.2, -0.15) is 0 Å². The maximum Gasteiger partial charge on any atom is 0.134 e. The van der Waals surface area contributed by atoms with E-state index in [1.54, 1.807) is 0 Å². The van der Waals surface area contributed by atoms with Gasteiger partial charge in [0, 0.05) is 23.5 Å². The third kappa shape index (κ3) is 3.34. The molecule has 0 amide bonds. The second-order valence-electron chi connectivity index (χ2n) is 5.13. The third-order valence-corrected chi connectivity index (χ3v) is 3.21. The van der Waals surface area contributed by atoms with Gasteiger partial charge < -0.3 is 14.6 Å². The van der Waals surface area contributed by atoms with Gasteiger partial charge in [0.1, 0.15) is 5.58 Å². The van der Waals surface area contributed by atoms with Crippen molar-refractivity contribution in [3.8, 4) is 0 Å². The molecule has 0 spiro atoms. The molecule has 1 aromatic heterocycles. The molecule has 0 saturated heterocycles. The Balaban J connectivity index is 1.90. The predicted molar refractivity (Wildman–Crippen MR) is 75.7 cm³/mol. The SMILES string of the molecule is CC(CCN(C)C)NCc1coc2ccccc12. The number of para-hydroxylation sites is 1. The third-order valence-electron chi connectivity index (χ3n) is 3.21. The number of fused-ring (bicyclic) bond motifs is 1. The van der Waals surface area contributed by atoms with Gasteiger partial charge in [0.15, 0.2) is 0 Å². The lowest BCUT2D eigenvalue weighted by atomic mass is 10.1. The summed E-state index contributed by atoms with van der Waals surface area (Å²) in [4.78, 5) is 2.21. The lowest BCUT2D eigenvalue weighted by molar-refractivity contribution is 0.365. The quantitative estimate of drug-likeness (QED) is 0.849. The van der Waals surface area contributed by atoms with Gasteiger partial charge in [-0.3, -0.25) is 0 Å². The molecule has 0 aliphatic heterocycles. The van der Waals surface area contributed by atoms with Crippen LogP contribution in [0.25, 0.3) is 11.0 Å². The second-order valence-corrected chi connectivity index (χ2v) is 5.13. The molecule has 1 aromatic carbocycles. The van der Waals surface area contributed by atoms with E-state index in [4.69, 9.17) is 4.42 Å². The zero-order chi connectivity index (χ0) is 13.0. The van der Waals surface area contributed by atoms with Crippen LogP contribution >= 0.6 is 0 Å². The molecule has 2 aromatic rings. The molecule has 0 radical (unpaired) electrons. The summed E-state index contributed by atoms with van der Waals surface area (Å²) in [6, 6.07) is 8.69. The normalized spacial score (nSPS) is 13.3. The minimum absolute atomic E-state index is 0.515. The number of nitrogens with zero attached hydrogens (tertiary/aromatic N) is 1. The largest absolute Gasteiger partial charge is 0.464 e. The summed E-state index contributed by atoms with van der Waals surface area (Å²) in [7, 11) is 4.21. The lowest BCUT2D eigenvalue weighted by Crippen LogP contribution is -2.29. The van der Waals surface area contributed by atoms with Crippen molar-refractivity contribution < 1.29 is 4.42 Å². The molecule has 1 atom stereocenters. The Kier molecular flexibility index (Phi) is 4.39. The highest BCUT2D eigenvalue weighted by molar-refractivity contribution is 5.80. The highest BCUT2D eigenvalue weighted by atomic mass is 16.3. The van der Waals surface area contributed by atoms with Gasteiger partial charge in [0.2, 0.25) is 0 Å². The van der Waals surface area contributed by atoms with Crippen LogP contribution in [0.5, 0.6) is 0 Å². The van der Waals surface area contributed by atoms with Crippen LogP contribution in [-0.4, -0.2) is 31.6 Å². The topological polar surface area (TPSA) is 28.4 Å². The number of benzene rings is 1. The zero-order valence-corrected chi connectivity index (χ0v) is 11.4. The molecule has 3 nitrogen and oxygen atoms in total. The van der Waals surface area contributed by atoms with Crippen LogP contribution in [0.1, 0.15) is 18.9 Å². The van der Waals surface area contributed by atoms with Crippen LogP contribution < -0.4 is 5.32 Å². The number of hydrogen-bond acceptors (Lipinski definition) is 3. The van der Waals surface area contributed by atoms with E-state index in [2.05, 4.69) is 43.4 Å². The predicted octanol–water partition coefficient (Wildman–Crippen LogP) is 2.86. The molecule has 0 aliphatic rings. The molecule has 0 saturated carbocycles. The molecule has 3 heteroatoms. The van der Waals surface area contributed by atoms with E-state index in [9.17, 15) is 0 Å². The van der Waals surface area contributed by atoms with Gasteiger partial charge in [0.25, 0.3) is 0 Å². The maximum absolute atomic E-state index is 5.53. The standard InChI is InChI=1S/C15H22N2O/c1-12(8-9-17(2)3)16-10-13-11-18-15-7-5-4-6-14(13)15/h4-7,11-12,16H,8-10H2,1-3H3. The summed E-state index contributed by atoms with van der Waals surface area (Å²) in [6.45, 7) is 4.21. The Hall–Kier alpha value is -1.32. The van der Waals surface area contributed by atoms with E-state index in [1.165, 1.54) is 10.9 Å². The van der Waals surface area contributed by atoms with Gasteiger partial charge in [-0.05, 0) is 40.1 Å². The second kappa shape index (κ2) is 6.03. The summed E-state index contributed by atoms with van der Waals surface area (Å²) in [5, 5.41) is 4.76. The Morgan fingerprint density at radius 2 is 2.06 bits per heavy atom. The molecule has 18 heavy (non-hydrogen) atoms. The monoisotopic (exact) mass is 246 g/mol. The Labute approximate surface area is 109 Å². The van der Waals surface area contributed by atoms with E-state index < -0.39 is 0 Å². The summed E-state index contributed by atoms with van der Waals surface area (Å²) < 4.78 is 5.53. The highest BCUT2D eigenvalue weighted by Gasteiger charge is 2.07. The number of hydrogen-bond donors (Lipinski definition) is 1. The van der Waals surface area contributed by atoms with E-state index >= 15 is 0 Å². The smallest absolute Gasteiger partial charge is 0.134 e. The van der Waals surface area contributed by atoms with Gasteiger partial charge in [0.05, 0.1) is 6.26 Å². The minimum atomic E-state index is 0.515. The van der Waals surface area contributed by atoms with Crippen molar-refractivity contribution in [2.75, 3.05) is 20.6 Å². The fraction of sp³-hybridized carbons (Fsp3) is 0.467. The Morgan fingerprint density at radius 3 is 2.83 bits per heavy atom. The summed E-state index contributed by atoms with van der Waals surface area (Å²) in [5.41, 5.74) is 2.21. The molecule has 0 bridgehead atoms. The summed E-state index contributed by atoms with van der Waals surface area (Å²) >= 11 is 0. The van der Waals surface area contributed by atoms with E-state index in [0.717, 1.165) is 25.1 Å². The molecule has 1 heterocycles. The average molecular weight is 246 g/mol. The van der Waals surface area contributed by atoms with E-state index in [1.807, 2.05) is 18.4 Å². The van der Waals surface area contributed by atoms with Crippen LogP contribution in [0.4, 0.5) is 0 Å². The summed E-state index contributed by atoms with van der Waals surface area (Å²) in [6.07, 6.45) is 3.01.